The number of hydrogen-bond donors (Lipinski definition) is 2. The summed E-state index contributed by atoms with van der Waals surface area (Å²) in [6, 6.07) is 10.0. The van der Waals surface area contributed by atoms with Gasteiger partial charge in [0, 0.05) is 6.04 Å². The first-order valence-electron chi connectivity index (χ1n) is 7.81. The molecule has 3 rings (SSSR count). The molecule has 1 aromatic heterocycles. The Balaban J connectivity index is 0.00000192. The lowest BCUT2D eigenvalue weighted by atomic mass is 10.0. The molecule has 6 heteroatoms. The van der Waals surface area contributed by atoms with Crippen LogP contribution < -0.4 is 11.1 Å². The second-order valence-corrected chi connectivity index (χ2v) is 5.90. The van der Waals surface area contributed by atoms with E-state index in [1.807, 2.05) is 37.3 Å². The second-order valence-electron chi connectivity index (χ2n) is 5.90. The first kappa shape index (κ1) is 17.5. The van der Waals surface area contributed by atoms with E-state index in [1.54, 1.807) is 10.9 Å². The lowest BCUT2D eigenvalue weighted by Crippen LogP contribution is -2.40. The normalized spacial score (nSPS) is 20.1. The van der Waals surface area contributed by atoms with E-state index >= 15 is 0 Å². The van der Waals surface area contributed by atoms with Gasteiger partial charge in [-0.1, -0.05) is 24.6 Å². The first-order valence-corrected chi connectivity index (χ1v) is 7.81. The number of carbonyl (C=O) groups excluding carboxylic acids is 1. The topological polar surface area (TPSA) is 72.9 Å². The van der Waals surface area contributed by atoms with E-state index in [0.717, 1.165) is 30.6 Å². The highest BCUT2D eigenvalue weighted by molar-refractivity contribution is 5.95. The predicted molar refractivity (Wildman–Crippen MR) is 93.2 cm³/mol. The van der Waals surface area contributed by atoms with Crippen molar-refractivity contribution in [3.05, 3.63) is 47.8 Å². The van der Waals surface area contributed by atoms with Crippen LogP contribution in [-0.2, 0) is 0 Å². The number of amides is 1. The zero-order chi connectivity index (χ0) is 15.5. The molecule has 1 aromatic carbocycles. The number of hydrogen-bond acceptors (Lipinski definition) is 3. The molecule has 0 spiro atoms. The van der Waals surface area contributed by atoms with Gasteiger partial charge in [0.05, 0.1) is 23.1 Å². The van der Waals surface area contributed by atoms with Crippen molar-refractivity contribution in [1.82, 2.24) is 15.1 Å². The van der Waals surface area contributed by atoms with Gasteiger partial charge >= 0.3 is 0 Å². The molecule has 2 unspecified atom stereocenters. The fraction of sp³-hybridized carbons (Fsp3) is 0.412. The van der Waals surface area contributed by atoms with Crippen LogP contribution in [0.5, 0.6) is 0 Å². The van der Waals surface area contributed by atoms with Gasteiger partial charge in [0.25, 0.3) is 5.91 Å². The van der Waals surface area contributed by atoms with Crippen LogP contribution in [-0.4, -0.2) is 28.3 Å². The summed E-state index contributed by atoms with van der Waals surface area (Å²) in [5.41, 5.74) is 8.22. The van der Waals surface area contributed by atoms with Crippen molar-refractivity contribution in [2.75, 3.05) is 6.54 Å². The van der Waals surface area contributed by atoms with Crippen LogP contribution in [0.4, 0.5) is 0 Å². The van der Waals surface area contributed by atoms with Crippen molar-refractivity contribution in [1.29, 1.82) is 0 Å². The fourth-order valence-corrected chi connectivity index (χ4v) is 3.22. The van der Waals surface area contributed by atoms with Crippen molar-refractivity contribution >= 4 is 18.3 Å². The summed E-state index contributed by atoms with van der Waals surface area (Å²) in [5, 5.41) is 7.48. The van der Waals surface area contributed by atoms with Crippen molar-refractivity contribution in [2.24, 2.45) is 11.7 Å². The lowest BCUT2D eigenvalue weighted by molar-refractivity contribution is 0.0928. The third-order valence-corrected chi connectivity index (χ3v) is 4.53. The Morgan fingerprint density at radius 1 is 1.35 bits per heavy atom. The van der Waals surface area contributed by atoms with Gasteiger partial charge in [-0.25, -0.2) is 4.68 Å². The Labute approximate surface area is 142 Å². The van der Waals surface area contributed by atoms with Crippen LogP contribution in [0.25, 0.3) is 5.69 Å². The van der Waals surface area contributed by atoms with E-state index in [4.69, 9.17) is 5.73 Å². The molecule has 2 aromatic rings. The monoisotopic (exact) mass is 334 g/mol. The quantitative estimate of drug-likeness (QED) is 0.902. The van der Waals surface area contributed by atoms with Gasteiger partial charge in [0.15, 0.2) is 0 Å². The molecule has 0 bridgehead atoms. The molecule has 3 N–H and O–H groups in total. The maximum atomic E-state index is 12.5. The smallest absolute Gasteiger partial charge is 0.254 e. The van der Waals surface area contributed by atoms with Crippen molar-refractivity contribution < 1.29 is 4.79 Å². The third kappa shape index (κ3) is 3.57. The van der Waals surface area contributed by atoms with Gasteiger partial charge in [0.1, 0.15) is 0 Å². The number of benzene rings is 1. The summed E-state index contributed by atoms with van der Waals surface area (Å²) in [7, 11) is 0. The fourth-order valence-electron chi connectivity index (χ4n) is 3.22. The maximum absolute atomic E-state index is 12.5. The van der Waals surface area contributed by atoms with E-state index in [1.165, 1.54) is 0 Å². The molecule has 1 aliphatic rings. The predicted octanol–water partition coefficient (Wildman–Crippen LogP) is 2.46. The SMILES string of the molecule is Cc1c(C(=O)NC2CCCC2CN)cnn1-c1ccccc1.Cl. The molecule has 0 aliphatic heterocycles. The van der Waals surface area contributed by atoms with Gasteiger partial charge in [-0.05, 0) is 44.4 Å². The van der Waals surface area contributed by atoms with Crippen LogP contribution in [0.1, 0.15) is 35.3 Å². The minimum absolute atomic E-state index is 0. The highest BCUT2D eigenvalue weighted by atomic mass is 35.5. The zero-order valence-corrected chi connectivity index (χ0v) is 14.1. The average molecular weight is 335 g/mol. The van der Waals surface area contributed by atoms with Crippen molar-refractivity contribution in [3.8, 4) is 5.69 Å². The number of carbonyl (C=O) groups is 1. The van der Waals surface area contributed by atoms with Crippen LogP contribution >= 0.6 is 12.4 Å². The van der Waals surface area contributed by atoms with E-state index in [-0.39, 0.29) is 24.4 Å². The molecule has 1 heterocycles. The van der Waals surface area contributed by atoms with Crippen LogP contribution in [0, 0.1) is 12.8 Å². The summed E-state index contributed by atoms with van der Waals surface area (Å²) in [5.74, 6) is 0.346. The van der Waals surface area contributed by atoms with E-state index in [0.29, 0.717) is 18.0 Å². The van der Waals surface area contributed by atoms with Gasteiger partial charge in [-0.2, -0.15) is 5.10 Å². The molecule has 2 atom stereocenters. The van der Waals surface area contributed by atoms with Crippen LogP contribution in [0.2, 0.25) is 0 Å². The highest BCUT2D eigenvalue weighted by Crippen LogP contribution is 2.25. The van der Waals surface area contributed by atoms with Gasteiger partial charge < -0.3 is 11.1 Å². The number of nitrogens with one attached hydrogen (secondary N) is 1. The summed E-state index contributed by atoms with van der Waals surface area (Å²) in [6.45, 7) is 2.55. The van der Waals surface area contributed by atoms with Crippen molar-refractivity contribution in [3.63, 3.8) is 0 Å². The zero-order valence-electron chi connectivity index (χ0n) is 13.2. The van der Waals surface area contributed by atoms with Gasteiger partial charge in [-0.3, -0.25) is 4.79 Å². The molecule has 5 nitrogen and oxygen atoms in total. The summed E-state index contributed by atoms with van der Waals surface area (Å²) < 4.78 is 1.80. The van der Waals surface area contributed by atoms with E-state index in [2.05, 4.69) is 10.4 Å². The Bertz CT molecular complexity index is 656. The van der Waals surface area contributed by atoms with Crippen LogP contribution in [0.3, 0.4) is 0 Å². The largest absolute Gasteiger partial charge is 0.349 e. The number of nitrogens with zero attached hydrogens (tertiary/aromatic N) is 2. The molecule has 1 aliphatic carbocycles. The molecule has 1 amide bonds. The van der Waals surface area contributed by atoms with Crippen molar-refractivity contribution in [2.45, 2.75) is 32.2 Å². The number of para-hydroxylation sites is 1. The summed E-state index contributed by atoms with van der Waals surface area (Å²) in [6.07, 6.45) is 4.89. The minimum Gasteiger partial charge on any atom is -0.349 e. The number of nitrogens with two attached hydrogens (primary N) is 1. The lowest BCUT2D eigenvalue weighted by Gasteiger charge is -2.19. The molecule has 0 radical (unpaired) electrons. The molecular formula is C17H23ClN4O. The third-order valence-electron chi connectivity index (χ3n) is 4.53. The molecule has 1 fully saturated rings. The molecule has 124 valence electrons. The average Bonchev–Trinajstić information content (AvgIpc) is 3.14. The summed E-state index contributed by atoms with van der Waals surface area (Å²) >= 11 is 0. The summed E-state index contributed by atoms with van der Waals surface area (Å²) in [4.78, 5) is 12.5. The standard InChI is InChI=1S/C17H22N4O.ClH/c1-12-15(11-19-21(12)14-7-3-2-4-8-14)17(22)20-16-9-5-6-13(16)10-18;/h2-4,7-8,11,13,16H,5-6,9-10,18H2,1H3,(H,20,22);1H. The molecule has 0 saturated heterocycles. The maximum Gasteiger partial charge on any atom is 0.254 e. The van der Waals surface area contributed by atoms with Crippen LogP contribution in [0.15, 0.2) is 36.5 Å². The highest BCUT2D eigenvalue weighted by Gasteiger charge is 2.28. The Hall–Kier alpha value is -1.85. The Kier molecular flexibility index (Phi) is 5.80. The number of rotatable bonds is 4. The first-order chi connectivity index (χ1) is 10.7. The Morgan fingerprint density at radius 2 is 2.09 bits per heavy atom. The van der Waals surface area contributed by atoms with E-state index < -0.39 is 0 Å². The minimum atomic E-state index is -0.0509. The second kappa shape index (κ2) is 7.62. The molecule has 23 heavy (non-hydrogen) atoms. The molecular weight excluding hydrogens is 312 g/mol. The van der Waals surface area contributed by atoms with Gasteiger partial charge in [-0.15, -0.1) is 12.4 Å². The number of aromatic nitrogens is 2. The van der Waals surface area contributed by atoms with E-state index in [9.17, 15) is 4.79 Å². The Morgan fingerprint density at radius 3 is 2.78 bits per heavy atom. The molecule has 1 saturated carbocycles. The van der Waals surface area contributed by atoms with Gasteiger partial charge in [0.2, 0.25) is 0 Å². The number of halogens is 1.